The maximum atomic E-state index is 9.83. The van der Waals surface area contributed by atoms with Gasteiger partial charge >= 0.3 is 0 Å². The predicted octanol–water partition coefficient (Wildman–Crippen LogP) is 1.38. The van der Waals surface area contributed by atoms with Crippen LogP contribution in [0.25, 0.3) is 0 Å². The highest BCUT2D eigenvalue weighted by Gasteiger charge is 2.40. The molecule has 0 aromatic heterocycles. The monoisotopic (exact) mass is 270 g/mol. The number of rotatable bonds is 8. The number of likely N-dealkylation sites (N-methyl/N-ethyl adjacent to an activating group) is 1. The predicted molar refractivity (Wildman–Crippen MR) is 77.4 cm³/mol. The fourth-order valence-corrected chi connectivity index (χ4v) is 3.22. The molecule has 0 aromatic rings. The van der Waals surface area contributed by atoms with Crippen molar-refractivity contribution in [3.8, 4) is 0 Å². The maximum absolute atomic E-state index is 9.83. The number of aliphatic hydroxyl groups is 1. The lowest BCUT2D eigenvalue weighted by Crippen LogP contribution is -2.56. The summed E-state index contributed by atoms with van der Waals surface area (Å²) < 4.78 is 5.44. The lowest BCUT2D eigenvalue weighted by molar-refractivity contribution is 0.0511. The van der Waals surface area contributed by atoms with Crippen LogP contribution in [0.2, 0.25) is 0 Å². The van der Waals surface area contributed by atoms with Gasteiger partial charge in [0.2, 0.25) is 0 Å². The Bertz CT molecular complexity index is 271. The Hall–Kier alpha value is -0.160. The normalized spacial score (nSPS) is 31.9. The third-order valence-corrected chi connectivity index (χ3v) is 4.63. The number of ether oxygens (including phenoxy) is 1. The van der Waals surface area contributed by atoms with Gasteiger partial charge in [-0.25, -0.2) is 0 Å². The highest BCUT2D eigenvalue weighted by Crippen LogP contribution is 2.34. The van der Waals surface area contributed by atoms with E-state index in [1.54, 1.807) is 0 Å². The van der Waals surface area contributed by atoms with E-state index < -0.39 is 0 Å². The summed E-state index contributed by atoms with van der Waals surface area (Å²) in [4.78, 5) is 2.41. The number of aliphatic hydroxyl groups excluding tert-OH is 1. The molecule has 2 N–H and O–H groups in total. The summed E-state index contributed by atoms with van der Waals surface area (Å²) in [6.07, 6.45) is 7.22. The Morgan fingerprint density at radius 3 is 2.79 bits per heavy atom. The second kappa shape index (κ2) is 7.02. The first-order valence-corrected chi connectivity index (χ1v) is 7.85. The molecule has 2 atom stereocenters. The molecule has 2 saturated carbocycles. The summed E-state index contributed by atoms with van der Waals surface area (Å²) in [5, 5.41) is 13.5. The molecule has 0 heterocycles. The van der Waals surface area contributed by atoms with Crippen molar-refractivity contribution < 1.29 is 9.84 Å². The SMILES string of the molecule is CCOCCN(C)C1CCCC(CO)(NC2CC2)C1. The van der Waals surface area contributed by atoms with Crippen molar-refractivity contribution in [2.45, 2.75) is 63.1 Å². The molecule has 0 spiro atoms. The quantitative estimate of drug-likeness (QED) is 0.654. The lowest BCUT2D eigenvalue weighted by Gasteiger charge is -2.43. The van der Waals surface area contributed by atoms with E-state index >= 15 is 0 Å². The van der Waals surface area contributed by atoms with Gasteiger partial charge in [0.15, 0.2) is 0 Å². The molecule has 4 nitrogen and oxygen atoms in total. The first-order valence-electron chi connectivity index (χ1n) is 7.85. The van der Waals surface area contributed by atoms with Gasteiger partial charge in [0.1, 0.15) is 0 Å². The van der Waals surface area contributed by atoms with Gasteiger partial charge in [-0.2, -0.15) is 0 Å². The van der Waals surface area contributed by atoms with Crippen molar-refractivity contribution in [3.63, 3.8) is 0 Å². The second-order valence-corrected chi connectivity index (χ2v) is 6.28. The van der Waals surface area contributed by atoms with Crippen molar-refractivity contribution in [1.82, 2.24) is 10.2 Å². The summed E-state index contributed by atoms with van der Waals surface area (Å²) in [7, 11) is 2.19. The summed E-state index contributed by atoms with van der Waals surface area (Å²) in [6, 6.07) is 1.24. The molecular formula is C15H30N2O2. The van der Waals surface area contributed by atoms with Crippen molar-refractivity contribution in [2.24, 2.45) is 0 Å². The minimum atomic E-state index is -0.0239. The van der Waals surface area contributed by atoms with Crippen molar-refractivity contribution >= 4 is 0 Å². The van der Waals surface area contributed by atoms with E-state index in [0.717, 1.165) is 32.6 Å². The Balaban J connectivity index is 1.83. The van der Waals surface area contributed by atoms with Crippen LogP contribution < -0.4 is 5.32 Å². The summed E-state index contributed by atoms with van der Waals surface area (Å²) in [5.74, 6) is 0. The van der Waals surface area contributed by atoms with E-state index in [2.05, 4.69) is 17.3 Å². The fraction of sp³-hybridized carbons (Fsp3) is 1.00. The topological polar surface area (TPSA) is 44.7 Å². The van der Waals surface area contributed by atoms with Crippen LogP contribution in [0.4, 0.5) is 0 Å². The fourth-order valence-electron chi connectivity index (χ4n) is 3.22. The van der Waals surface area contributed by atoms with E-state index in [0.29, 0.717) is 12.1 Å². The summed E-state index contributed by atoms with van der Waals surface area (Å²) in [5.41, 5.74) is -0.0239. The minimum Gasteiger partial charge on any atom is -0.394 e. The smallest absolute Gasteiger partial charge is 0.0613 e. The average molecular weight is 270 g/mol. The Morgan fingerprint density at radius 1 is 1.37 bits per heavy atom. The van der Waals surface area contributed by atoms with Gasteiger partial charge in [-0.05, 0) is 52.5 Å². The first-order chi connectivity index (χ1) is 9.19. The molecule has 19 heavy (non-hydrogen) atoms. The molecular weight excluding hydrogens is 240 g/mol. The highest BCUT2D eigenvalue weighted by atomic mass is 16.5. The molecule has 0 aromatic carbocycles. The molecule has 0 amide bonds. The van der Waals surface area contributed by atoms with Crippen LogP contribution in [-0.4, -0.2) is 61.0 Å². The molecule has 2 unspecified atom stereocenters. The third-order valence-electron chi connectivity index (χ3n) is 4.63. The largest absolute Gasteiger partial charge is 0.394 e. The van der Waals surface area contributed by atoms with Crippen LogP contribution in [0.15, 0.2) is 0 Å². The van der Waals surface area contributed by atoms with Crippen LogP contribution in [0.5, 0.6) is 0 Å². The van der Waals surface area contributed by atoms with Crippen molar-refractivity contribution in [1.29, 1.82) is 0 Å². The molecule has 2 rings (SSSR count). The van der Waals surface area contributed by atoms with Gasteiger partial charge in [-0.1, -0.05) is 0 Å². The molecule has 0 bridgehead atoms. The highest BCUT2D eigenvalue weighted by molar-refractivity contribution is 5.00. The Morgan fingerprint density at radius 2 is 2.16 bits per heavy atom. The first kappa shape index (κ1) is 15.2. The molecule has 2 fully saturated rings. The average Bonchev–Trinajstić information content (AvgIpc) is 3.23. The minimum absolute atomic E-state index is 0.0239. The Kier molecular flexibility index (Phi) is 5.63. The van der Waals surface area contributed by atoms with Gasteiger partial charge < -0.3 is 20.1 Å². The van der Waals surface area contributed by atoms with Gasteiger partial charge in [0.25, 0.3) is 0 Å². The van der Waals surface area contributed by atoms with Crippen LogP contribution in [0.3, 0.4) is 0 Å². The zero-order valence-corrected chi connectivity index (χ0v) is 12.5. The van der Waals surface area contributed by atoms with Crippen LogP contribution >= 0.6 is 0 Å². The second-order valence-electron chi connectivity index (χ2n) is 6.28. The molecule has 0 saturated heterocycles. The number of hydrogen-bond acceptors (Lipinski definition) is 4. The molecule has 112 valence electrons. The lowest BCUT2D eigenvalue weighted by atomic mass is 9.78. The molecule has 4 heteroatoms. The molecule has 2 aliphatic rings. The maximum Gasteiger partial charge on any atom is 0.0613 e. The van der Waals surface area contributed by atoms with Gasteiger partial charge in [0, 0.05) is 30.8 Å². The summed E-state index contributed by atoms with van der Waals surface area (Å²) in [6.45, 7) is 4.91. The number of nitrogens with zero attached hydrogens (tertiary/aromatic N) is 1. The molecule has 2 aliphatic carbocycles. The molecule has 0 radical (unpaired) electrons. The van der Waals surface area contributed by atoms with E-state index in [9.17, 15) is 5.11 Å². The van der Waals surface area contributed by atoms with Crippen LogP contribution in [-0.2, 0) is 4.74 Å². The van der Waals surface area contributed by atoms with Crippen molar-refractivity contribution in [3.05, 3.63) is 0 Å². The van der Waals surface area contributed by atoms with Gasteiger partial charge in [-0.15, -0.1) is 0 Å². The summed E-state index contributed by atoms with van der Waals surface area (Å²) >= 11 is 0. The number of nitrogens with one attached hydrogen (secondary N) is 1. The van der Waals surface area contributed by atoms with Crippen LogP contribution in [0.1, 0.15) is 45.4 Å². The van der Waals surface area contributed by atoms with Crippen LogP contribution in [0, 0.1) is 0 Å². The standard InChI is InChI=1S/C15H30N2O2/c1-3-19-10-9-17(2)14-5-4-8-15(11-14,12-18)16-13-6-7-13/h13-14,16,18H,3-12H2,1-2H3. The zero-order valence-electron chi connectivity index (χ0n) is 12.5. The van der Waals surface area contributed by atoms with E-state index in [1.807, 2.05) is 6.92 Å². The van der Waals surface area contributed by atoms with Gasteiger partial charge in [0.05, 0.1) is 13.2 Å². The third kappa shape index (κ3) is 4.42. The van der Waals surface area contributed by atoms with E-state index in [1.165, 1.54) is 25.7 Å². The van der Waals surface area contributed by atoms with E-state index in [4.69, 9.17) is 4.74 Å². The zero-order chi connectivity index (χ0) is 13.7. The molecule has 0 aliphatic heterocycles. The van der Waals surface area contributed by atoms with Crippen molar-refractivity contribution in [2.75, 3.05) is 33.4 Å². The number of hydrogen-bond donors (Lipinski definition) is 2. The van der Waals surface area contributed by atoms with Gasteiger partial charge in [-0.3, -0.25) is 0 Å². The Labute approximate surface area is 117 Å². The van der Waals surface area contributed by atoms with E-state index in [-0.39, 0.29) is 12.1 Å².